The Labute approximate surface area is 115 Å². The molecule has 0 spiro atoms. The summed E-state index contributed by atoms with van der Waals surface area (Å²) in [5.74, 6) is -2.90. The minimum absolute atomic E-state index is 0.157. The molecule has 0 radical (unpaired) electrons. The van der Waals surface area contributed by atoms with E-state index in [4.69, 9.17) is 10.9 Å². The molecule has 0 aromatic rings. The Hall–Kier alpha value is -1.06. The van der Waals surface area contributed by atoms with Crippen molar-refractivity contribution >= 4 is 5.84 Å². The van der Waals surface area contributed by atoms with E-state index in [2.05, 4.69) is 5.16 Å². The van der Waals surface area contributed by atoms with Crippen molar-refractivity contribution in [3.63, 3.8) is 0 Å². The standard InChI is InChI=1S/C11H21F3N4O2/c1-17(2)4-7-3-8(19)5-18(7)6-9(10(15)16-20)11(12,13)14/h7-9,19-20H,3-6H2,1-2H3,(H2,15,16). The minimum atomic E-state index is -4.59. The molecule has 3 atom stereocenters. The van der Waals surface area contributed by atoms with E-state index >= 15 is 0 Å². The highest BCUT2D eigenvalue weighted by Crippen LogP contribution is 2.30. The quantitative estimate of drug-likeness (QED) is 0.286. The summed E-state index contributed by atoms with van der Waals surface area (Å²) in [6.07, 6.45) is -4.83. The zero-order chi connectivity index (χ0) is 15.5. The third kappa shape index (κ3) is 4.50. The first-order chi connectivity index (χ1) is 9.15. The Morgan fingerprint density at radius 2 is 2.10 bits per heavy atom. The van der Waals surface area contributed by atoms with E-state index in [0.29, 0.717) is 13.0 Å². The van der Waals surface area contributed by atoms with Crippen LogP contribution in [0.5, 0.6) is 0 Å². The number of amidine groups is 1. The lowest BCUT2D eigenvalue weighted by atomic mass is 10.1. The number of nitrogens with zero attached hydrogens (tertiary/aromatic N) is 3. The molecule has 1 rings (SSSR count). The van der Waals surface area contributed by atoms with Crippen LogP contribution >= 0.6 is 0 Å². The second kappa shape index (κ2) is 6.59. The molecule has 0 amide bonds. The Bertz CT molecular complexity index is 349. The zero-order valence-corrected chi connectivity index (χ0v) is 11.5. The summed E-state index contributed by atoms with van der Waals surface area (Å²) >= 11 is 0. The molecule has 1 saturated heterocycles. The molecular weight excluding hydrogens is 277 g/mol. The Morgan fingerprint density at radius 3 is 2.55 bits per heavy atom. The molecule has 1 fully saturated rings. The lowest BCUT2D eigenvalue weighted by Gasteiger charge is -2.30. The molecule has 1 heterocycles. The number of hydrogen-bond donors (Lipinski definition) is 3. The number of hydrogen-bond acceptors (Lipinski definition) is 5. The lowest BCUT2D eigenvalue weighted by molar-refractivity contribution is -0.161. The summed E-state index contributed by atoms with van der Waals surface area (Å²) in [4.78, 5) is 3.39. The van der Waals surface area contributed by atoms with E-state index < -0.39 is 30.6 Å². The smallest absolute Gasteiger partial charge is 0.400 e. The van der Waals surface area contributed by atoms with Gasteiger partial charge in [-0.05, 0) is 20.5 Å². The van der Waals surface area contributed by atoms with Crippen molar-refractivity contribution in [2.75, 3.05) is 33.7 Å². The molecule has 3 unspecified atom stereocenters. The highest BCUT2D eigenvalue weighted by molar-refractivity contribution is 5.83. The van der Waals surface area contributed by atoms with Gasteiger partial charge in [0.15, 0.2) is 5.84 Å². The monoisotopic (exact) mass is 298 g/mol. The molecule has 20 heavy (non-hydrogen) atoms. The Balaban J connectivity index is 2.81. The SMILES string of the molecule is CN(C)CC1CC(O)CN1CC(C(N)=NO)C(F)(F)F. The van der Waals surface area contributed by atoms with Gasteiger partial charge >= 0.3 is 6.18 Å². The number of β-amino-alcohol motifs (C(OH)–C–C–N with tert-alkyl or cyclic N) is 1. The maximum atomic E-state index is 12.9. The van der Waals surface area contributed by atoms with Gasteiger partial charge in [-0.1, -0.05) is 5.16 Å². The summed E-state index contributed by atoms with van der Waals surface area (Å²) in [6, 6.07) is -0.184. The Morgan fingerprint density at radius 1 is 1.50 bits per heavy atom. The van der Waals surface area contributed by atoms with Crippen LogP contribution in [-0.2, 0) is 0 Å². The molecule has 0 bridgehead atoms. The molecule has 118 valence electrons. The summed E-state index contributed by atoms with van der Waals surface area (Å²) in [7, 11) is 3.63. The van der Waals surface area contributed by atoms with E-state index in [-0.39, 0.29) is 12.6 Å². The van der Waals surface area contributed by atoms with E-state index in [0.717, 1.165) is 0 Å². The van der Waals surface area contributed by atoms with Crippen molar-refractivity contribution < 1.29 is 23.5 Å². The van der Waals surface area contributed by atoms with Gasteiger partial charge in [-0.25, -0.2) is 0 Å². The fraction of sp³-hybridized carbons (Fsp3) is 0.909. The number of nitrogens with two attached hydrogens (primary N) is 1. The first-order valence-corrected chi connectivity index (χ1v) is 6.26. The molecule has 6 nitrogen and oxygen atoms in total. The van der Waals surface area contributed by atoms with Crippen LogP contribution < -0.4 is 5.73 Å². The van der Waals surface area contributed by atoms with Gasteiger partial charge in [0.2, 0.25) is 0 Å². The van der Waals surface area contributed by atoms with Crippen LogP contribution in [0, 0.1) is 5.92 Å². The van der Waals surface area contributed by atoms with E-state index in [1.54, 1.807) is 4.90 Å². The maximum absolute atomic E-state index is 12.9. The van der Waals surface area contributed by atoms with Gasteiger partial charge < -0.3 is 20.9 Å². The minimum Gasteiger partial charge on any atom is -0.409 e. The summed E-state index contributed by atoms with van der Waals surface area (Å²) in [6.45, 7) is 0.274. The Kier molecular flexibility index (Phi) is 5.60. The van der Waals surface area contributed by atoms with E-state index in [9.17, 15) is 18.3 Å². The van der Waals surface area contributed by atoms with E-state index in [1.807, 2.05) is 19.0 Å². The third-order valence-corrected chi connectivity index (χ3v) is 3.37. The van der Waals surface area contributed by atoms with Crippen LogP contribution in [0.15, 0.2) is 5.16 Å². The molecule has 0 saturated carbocycles. The molecule has 0 aromatic carbocycles. The van der Waals surface area contributed by atoms with Crippen LogP contribution in [0.2, 0.25) is 0 Å². The first kappa shape index (κ1) is 17.0. The van der Waals surface area contributed by atoms with Gasteiger partial charge in [0.1, 0.15) is 5.92 Å². The van der Waals surface area contributed by atoms with Gasteiger partial charge in [0.25, 0.3) is 0 Å². The molecule has 0 aromatic heterocycles. The van der Waals surface area contributed by atoms with Crippen molar-refractivity contribution in [3.05, 3.63) is 0 Å². The predicted molar refractivity (Wildman–Crippen MR) is 67.5 cm³/mol. The van der Waals surface area contributed by atoms with Crippen LogP contribution in [-0.4, -0.2) is 78.0 Å². The number of aliphatic hydroxyl groups excluding tert-OH is 1. The molecule has 1 aliphatic heterocycles. The average molecular weight is 298 g/mol. The maximum Gasteiger partial charge on any atom is 0.400 e. The number of aliphatic hydroxyl groups is 1. The zero-order valence-electron chi connectivity index (χ0n) is 11.5. The number of oxime groups is 1. The van der Waals surface area contributed by atoms with Crippen molar-refractivity contribution in [1.29, 1.82) is 0 Å². The highest BCUT2D eigenvalue weighted by atomic mass is 19.4. The van der Waals surface area contributed by atoms with Crippen molar-refractivity contribution in [2.24, 2.45) is 16.8 Å². The van der Waals surface area contributed by atoms with Gasteiger partial charge in [-0.2, -0.15) is 13.2 Å². The second-order valence-electron chi connectivity index (χ2n) is 5.38. The van der Waals surface area contributed by atoms with Gasteiger partial charge in [-0.15, -0.1) is 0 Å². The molecule has 4 N–H and O–H groups in total. The van der Waals surface area contributed by atoms with Crippen molar-refractivity contribution in [2.45, 2.75) is 24.7 Å². The third-order valence-electron chi connectivity index (χ3n) is 3.37. The van der Waals surface area contributed by atoms with E-state index in [1.165, 1.54) is 0 Å². The van der Waals surface area contributed by atoms with Crippen LogP contribution in [0.4, 0.5) is 13.2 Å². The topological polar surface area (TPSA) is 85.3 Å². The van der Waals surface area contributed by atoms with Crippen molar-refractivity contribution in [1.82, 2.24) is 9.80 Å². The normalized spacial score (nSPS) is 27.2. The second-order valence-corrected chi connectivity index (χ2v) is 5.38. The highest BCUT2D eigenvalue weighted by Gasteiger charge is 2.46. The summed E-state index contributed by atoms with van der Waals surface area (Å²) in [5.41, 5.74) is 5.14. The number of rotatable bonds is 5. The fourth-order valence-electron chi connectivity index (χ4n) is 2.46. The number of alkyl halides is 3. The molecule has 9 heteroatoms. The summed E-state index contributed by atoms with van der Waals surface area (Å²) < 4.78 is 38.8. The van der Waals surface area contributed by atoms with Crippen molar-refractivity contribution in [3.8, 4) is 0 Å². The molecular formula is C11H21F3N4O2. The fourth-order valence-corrected chi connectivity index (χ4v) is 2.46. The van der Waals surface area contributed by atoms with Gasteiger partial charge in [0, 0.05) is 25.7 Å². The average Bonchev–Trinajstić information content (AvgIpc) is 2.63. The van der Waals surface area contributed by atoms with Gasteiger partial charge in [-0.3, -0.25) is 4.90 Å². The largest absolute Gasteiger partial charge is 0.409 e. The number of likely N-dealkylation sites (N-methyl/N-ethyl adjacent to an activating group) is 1. The van der Waals surface area contributed by atoms with Crippen LogP contribution in [0.1, 0.15) is 6.42 Å². The molecule has 1 aliphatic rings. The first-order valence-electron chi connectivity index (χ1n) is 6.26. The predicted octanol–water partition coefficient (Wildman–Crippen LogP) is -0.0919. The lowest BCUT2D eigenvalue weighted by Crippen LogP contribution is -2.47. The van der Waals surface area contributed by atoms with Gasteiger partial charge in [0.05, 0.1) is 6.10 Å². The summed E-state index contributed by atoms with van der Waals surface area (Å²) in [5, 5.41) is 20.6. The number of halogens is 3. The van der Waals surface area contributed by atoms with Crippen LogP contribution in [0.3, 0.4) is 0 Å². The molecule has 0 aliphatic carbocycles. The number of likely N-dealkylation sites (tertiary alicyclic amines) is 1. The van der Waals surface area contributed by atoms with Crippen LogP contribution in [0.25, 0.3) is 0 Å².